The maximum absolute atomic E-state index is 13.3. The number of hydroxylamine groups is 1. The Labute approximate surface area is 121 Å². The number of sulfonamides is 1. The summed E-state index contributed by atoms with van der Waals surface area (Å²) in [6.07, 6.45) is 0. The molecular formula is C12H17FN2O5S. The number of halogens is 1. The Morgan fingerprint density at radius 2 is 2.00 bits per heavy atom. The third-order valence-corrected chi connectivity index (χ3v) is 4.28. The minimum absolute atomic E-state index is 0.175. The van der Waals surface area contributed by atoms with Crippen LogP contribution in [0.2, 0.25) is 0 Å². The number of benzene rings is 1. The van der Waals surface area contributed by atoms with E-state index < -0.39 is 40.3 Å². The van der Waals surface area contributed by atoms with Crippen LogP contribution in [0.1, 0.15) is 19.4 Å². The third-order valence-electron chi connectivity index (χ3n) is 2.84. The van der Waals surface area contributed by atoms with Gasteiger partial charge in [-0.15, -0.1) is 0 Å². The molecule has 0 aromatic heterocycles. The number of carbonyl (C=O) groups is 1. The molecule has 0 spiro atoms. The summed E-state index contributed by atoms with van der Waals surface area (Å²) >= 11 is 0. The summed E-state index contributed by atoms with van der Waals surface area (Å²) < 4.78 is 39.7. The van der Waals surface area contributed by atoms with Crippen molar-refractivity contribution in [1.29, 1.82) is 0 Å². The van der Waals surface area contributed by atoms with Crippen molar-refractivity contribution in [1.82, 2.24) is 10.2 Å². The van der Waals surface area contributed by atoms with Gasteiger partial charge in [-0.1, -0.05) is 13.8 Å². The molecule has 0 aliphatic heterocycles. The predicted molar refractivity (Wildman–Crippen MR) is 71.2 cm³/mol. The molecule has 0 aliphatic carbocycles. The van der Waals surface area contributed by atoms with E-state index >= 15 is 0 Å². The minimum atomic E-state index is -4.11. The Kier molecular flexibility index (Phi) is 5.78. The number of rotatable bonds is 6. The molecule has 1 aromatic rings. The van der Waals surface area contributed by atoms with Gasteiger partial charge < -0.3 is 5.11 Å². The molecule has 0 radical (unpaired) electrons. The van der Waals surface area contributed by atoms with Crippen molar-refractivity contribution in [3.63, 3.8) is 0 Å². The lowest BCUT2D eigenvalue weighted by Crippen LogP contribution is -2.48. The molecule has 1 amide bonds. The van der Waals surface area contributed by atoms with Gasteiger partial charge in [-0.25, -0.2) is 18.3 Å². The topological polar surface area (TPSA) is 116 Å². The first-order chi connectivity index (χ1) is 9.72. The van der Waals surface area contributed by atoms with Gasteiger partial charge in [-0.3, -0.25) is 10.0 Å². The molecule has 1 atom stereocenters. The van der Waals surface area contributed by atoms with Crippen LogP contribution in [0.25, 0.3) is 0 Å². The quantitative estimate of drug-likeness (QED) is 0.439. The van der Waals surface area contributed by atoms with Crippen molar-refractivity contribution in [2.24, 2.45) is 5.92 Å². The Morgan fingerprint density at radius 1 is 1.38 bits per heavy atom. The van der Waals surface area contributed by atoms with Crippen LogP contribution in [-0.2, 0) is 21.4 Å². The fourth-order valence-corrected chi connectivity index (χ4v) is 3.03. The van der Waals surface area contributed by atoms with Gasteiger partial charge in [-0.2, -0.15) is 4.72 Å². The second-order valence-electron chi connectivity index (χ2n) is 4.73. The average molecular weight is 320 g/mol. The number of hydrogen-bond acceptors (Lipinski definition) is 5. The highest BCUT2D eigenvalue weighted by Gasteiger charge is 2.28. The number of aliphatic hydroxyl groups is 1. The number of nitrogens with one attached hydrogen (secondary N) is 2. The van der Waals surface area contributed by atoms with Crippen LogP contribution in [0.15, 0.2) is 23.1 Å². The molecule has 118 valence electrons. The van der Waals surface area contributed by atoms with Gasteiger partial charge in [0.1, 0.15) is 11.9 Å². The van der Waals surface area contributed by atoms with Gasteiger partial charge in [0.15, 0.2) is 0 Å². The zero-order valence-electron chi connectivity index (χ0n) is 11.5. The SMILES string of the molecule is CC(C)[C@@H](NS(=O)(=O)c1ccc(F)c(CO)c1)C(=O)NO. The van der Waals surface area contributed by atoms with Crippen molar-refractivity contribution in [3.8, 4) is 0 Å². The third kappa shape index (κ3) is 4.21. The van der Waals surface area contributed by atoms with Gasteiger partial charge in [0.25, 0.3) is 5.91 Å². The molecule has 1 rings (SSSR count). The van der Waals surface area contributed by atoms with Gasteiger partial charge >= 0.3 is 0 Å². The van der Waals surface area contributed by atoms with Crippen molar-refractivity contribution < 1.29 is 27.9 Å². The summed E-state index contributed by atoms with van der Waals surface area (Å²) in [6, 6.07) is 1.72. The fourth-order valence-electron chi connectivity index (χ4n) is 1.64. The summed E-state index contributed by atoms with van der Waals surface area (Å²) in [4.78, 5) is 11.2. The normalized spacial score (nSPS) is 13.2. The van der Waals surface area contributed by atoms with E-state index in [4.69, 9.17) is 10.3 Å². The number of amides is 1. The number of aliphatic hydroxyl groups excluding tert-OH is 1. The van der Waals surface area contributed by atoms with E-state index in [9.17, 15) is 17.6 Å². The molecule has 0 unspecified atom stereocenters. The van der Waals surface area contributed by atoms with Crippen LogP contribution in [-0.4, -0.2) is 30.7 Å². The van der Waals surface area contributed by atoms with Crippen molar-refractivity contribution in [2.45, 2.75) is 31.4 Å². The highest BCUT2D eigenvalue weighted by atomic mass is 32.2. The molecule has 1 aromatic carbocycles. The average Bonchev–Trinajstić information content (AvgIpc) is 2.44. The molecule has 0 aliphatic rings. The summed E-state index contributed by atoms with van der Waals surface area (Å²) in [5, 5.41) is 17.6. The van der Waals surface area contributed by atoms with Crippen molar-refractivity contribution >= 4 is 15.9 Å². The van der Waals surface area contributed by atoms with Gasteiger partial charge in [0.05, 0.1) is 11.5 Å². The van der Waals surface area contributed by atoms with E-state index in [2.05, 4.69) is 4.72 Å². The molecule has 0 heterocycles. The lowest BCUT2D eigenvalue weighted by molar-refractivity contribution is -0.131. The monoisotopic (exact) mass is 320 g/mol. The van der Waals surface area contributed by atoms with E-state index in [1.165, 1.54) is 5.48 Å². The molecule has 21 heavy (non-hydrogen) atoms. The van der Waals surface area contributed by atoms with Crippen LogP contribution >= 0.6 is 0 Å². The molecule has 0 saturated heterocycles. The molecular weight excluding hydrogens is 303 g/mol. The van der Waals surface area contributed by atoms with Crippen LogP contribution in [0, 0.1) is 11.7 Å². The molecule has 7 nitrogen and oxygen atoms in total. The highest BCUT2D eigenvalue weighted by molar-refractivity contribution is 7.89. The van der Waals surface area contributed by atoms with Crippen molar-refractivity contribution in [3.05, 3.63) is 29.6 Å². The Balaban J connectivity index is 3.13. The smallest absolute Gasteiger partial charge is 0.261 e. The first-order valence-corrected chi connectivity index (χ1v) is 7.56. The van der Waals surface area contributed by atoms with Crippen molar-refractivity contribution in [2.75, 3.05) is 0 Å². The zero-order chi connectivity index (χ0) is 16.2. The summed E-state index contributed by atoms with van der Waals surface area (Å²) in [5.41, 5.74) is 1.21. The maximum atomic E-state index is 13.3. The Hall–Kier alpha value is -1.55. The second-order valence-corrected chi connectivity index (χ2v) is 6.44. The lowest BCUT2D eigenvalue weighted by atomic mass is 10.1. The first kappa shape index (κ1) is 17.5. The van der Waals surface area contributed by atoms with Crippen LogP contribution in [0.3, 0.4) is 0 Å². The van der Waals surface area contributed by atoms with E-state index in [0.29, 0.717) is 0 Å². The van der Waals surface area contributed by atoms with E-state index in [1.54, 1.807) is 13.8 Å². The standard InChI is InChI=1S/C12H17FN2O5S/c1-7(2)11(12(17)14-18)15-21(19,20)9-3-4-10(13)8(5-9)6-16/h3-5,7,11,15-16,18H,6H2,1-2H3,(H,14,17)/t11-/m1/s1. The molecule has 0 bridgehead atoms. The minimum Gasteiger partial charge on any atom is -0.392 e. The summed E-state index contributed by atoms with van der Waals surface area (Å²) in [6.45, 7) is 2.53. The highest BCUT2D eigenvalue weighted by Crippen LogP contribution is 2.16. The second kappa shape index (κ2) is 6.94. The van der Waals surface area contributed by atoms with Gasteiger partial charge in [0, 0.05) is 5.56 Å². The largest absolute Gasteiger partial charge is 0.392 e. The van der Waals surface area contributed by atoms with E-state index in [-0.39, 0.29) is 10.5 Å². The molecule has 0 fully saturated rings. The Morgan fingerprint density at radius 3 is 2.48 bits per heavy atom. The lowest BCUT2D eigenvalue weighted by Gasteiger charge is -2.20. The predicted octanol–water partition coefficient (Wildman–Crippen LogP) is 0.126. The van der Waals surface area contributed by atoms with Gasteiger partial charge in [-0.05, 0) is 24.1 Å². The first-order valence-electron chi connectivity index (χ1n) is 6.08. The van der Waals surface area contributed by atoms with Crippen LogP contribution in [0.4, 0.5) is 4.39 Å². The fraction of sp³-hybridized carbons (Fsp3) is 0.417. The van der Waals surface area contributed by atoms with Gasteiger partial charge in [0.2, 0.25) is 10.0 Å². The molecule has 9 heteroatoms. The molecule has 4 N–H and O–H groups in total. The zero-order valence-corrected chi connectivity index (χ0v) is 12.3. The van der Waals surface area contributed by atoms with Crippen LogP contribution in [0.5, 0.6) is 0 Å². The number of carbonyl (C=O) groups excluding carboxylic acids is 1. The Bertz CT molecular complexity index is 618. The van der Waals surface area contributed by atoms with Crippen LogP contribution < -0.4 is 10.2 Å². The van der Waals surface area contributed by atoms with E-state index in [1.807, 2.05) is 0 Å². The molecule has 0 saturated carbocycles. The summed E-state index contributed by atoms with van der Waals surface area (Å²) in [5.74, 6) is -2.06. The number of hydrogen-bond donors (Lipinski definition) is 4. The van der Waals surface area contributed by atoms with E-state index in [0.717, 1.165) is 18.2 Å². The summed E-state index contributed by atoms with van der Waals surface area (Å²) in [7, 11) is -4.11. The maximum Gasteiger partial charge on any atom is 0.261 e.